The van der Waals surface area contributed by atoms with Crippen molar-refractivity contribution in [1.29, 1.82) is 0 Å². The van der Waals surface area contributed by atoms with Gasteiger partial charge in [-0.3, -0.25) is 0 Å². The van der Waals surface area contributed by atoms with Gasteiger partial charge in [0.05, 0.1) is 17.2 Å². The van der Waals surface area contributed by atoms with Crippen LogP contribution in [-0.2, 0) is 11.2 Å². The summed E-state index contributed by atoms with van der Waals surface area (Å²) < 4.78 is 0. The SMILES string of the molecule is CC(C)c1nc(CCN=C=O)cs1. The Kier molecular flexibility index (Phi) is 3.80. The fourth-order valence-corrected chi connectivity index (χ4v) is 1.79. The van der Waals surface area contributed by atoms with E-state index in [-0.39, 0.29) is 0 Å². The first-order chi connectivity index (χ1) is 6.24. The van der Waals surface area contributed by atoms with Gasteiger partial charge in [0.15, 0.2) is 0 Å². The van der Waals surface area contributed by atoms with E-state index in [1.807, 2.05) is 5.38 Å². The molecule has 0 fully saturated rings. The monoisotopic (exact) mass is 196 g/mol. The highest BCUT2D eigenvalue weighted by molar-refractivity contribution is 7.09. The number of isocyanates is 1. The van der Waals surface area contributed by atoms with Crippen molar-refractivity contribution in [3.63, 3.8) is 0 Å². The summed E-state index contributed by atoms with van der Waals surface area (Å²) in [5, 5.41) is 3.17. The molecule has 0 amide bonds. The maximum Gasteiger partial charge on any atom is 0.234 e. The second kappa shape index (κ2) is 4.90. The van der Waals surface area contributed by atoms with Crippen LogP contribution in [0.15, 0.2) is 10.4 Å². The Morgan fingerprint density at radius 3 is 3.00 bits per heavy atom. The van der Waals surface area contributed by atoms with E-state index in [9.17, 15) is 4.79 Å². The van der Waals surface area contributed by atoms with Gasteiger partial charge in [-0.05, 0) is 0 Å². The van der Waals surface area contributed by atoms with Gasteiger partial charge in [0, 0.05) is 17.7 Å². The second-order valence-electron chi connectivity index (χ2n) is 3.05. The maximum atomic E-state index is 9.80. The molecule has 4 heteroatoms. The summed E-state index contributed by atoms with van der Waals surface area (Å²) in [5.41, 5.74) is 1.02. The lowest BCUT2D eigenvalue weighted by molar-refractivity contribution is 0.563. The van der Waals surface area contributed by atoms with E-state index in [1.54, 1.807) is 11.3 Å². The zero-order valence-corrected chi connectivity index (χ0v) is 8.60. The minimum absolute atomic E-state index is 0.480. The van der Waals surface area contributed by atoms with Crippen LogP contribution in [0.1, 0.15) is 30.5 Å². The highest BCUT2D eigenvalue weighted by atomic mass is 32.1. The summed E-state index contributed by atoms with van der Waals surface area (Å²) in [6.07, 6.45) is 2.25. The Balaban J connectivity index is 2.53. The van der Waals surface area contributed by atoms with Crippen LogP contribution in [0.5, 0.6) is 0 Å². The number of aromatic nitrogens is 1. The van der Waals surface area contributed by atoms with E-state index in [1.165, 1.54) is 6.08 Å². The van der Waals surface area contributed by atoms with Gasteiger partial charge in [-0.2, -0.15) is 0 Å². The lowest BCUT2D eigenvalue weighted by Gasteiger charge is -1.95. The van der Waals surface area contributed by atoms with Crippen molar-refractivity contribution in [3.05, 3.63) is 16.1 Å². The summed E-state index contributed by atoms with van der Waals surface area (Å²) in [4.78, 5) is 17.7. The molecule has 0 aliphatic carbocycles. The minimum Gasteiger partial charge on any atom is -0.246 e. The average Bonchev–Trinajstić information content (AvgIpc) is 2.53. The first-order valence-electron chi connectivity index (χ1n) is 4.22. The van der Waals surface area contributed by atoms with Crippen LogP contribution in [0.3, 0.4) is 0 Å². The van der Waals surface area contributed by atoms with Crippen molar-refractivity contribution in [2.45, 2.75) is 26.2 Å². The quantitative estimate of drug-likeness (QED) is 0.547. The molecule has 0 unspecified atom stereocenters. The molecule has 0 radical (unpaired) electrons. The van der Waals surface area contributed by atoms with Crippen LogP contribution in [0.2, 0.25) is 0 Å². The first-order valence-corrected chi connectivity index (χ1v) is 5.10. The van der Waals surface area contributed by atoms with Gasteiger partial charge in [0.1, 0.15) is 0 Å². The highest BCUT2D eigenvalue weighted by Crippen LogP contribution is 2.19. The number of hydrogen-bond donors (Lipinski definition) is 0. The van der Waals surface area contributed by atoms with Gasteiger partial charge in [0.2, 0.25) is 6.08 Å². The van der Waals surface area contributed by atoms with Gasteiger partial charge in [-0.25, -0.2) is 14.8 Å². The van der Waals surface area contributed by atoms with Crippen LogP contribution in [0.25, 0.3) is 0 Å². The number of nitrogens with zero attached hydrogens (tertiary/aromatic N) is 2. The van der Waals surface area contributed by atoms with Crippen molar-refractivity contribution in [3.8, 4) is 0 Å². The van der Waals surface area contributed by atoms with Crippen LogP contribution in [0, 0.1) is 0 Å². The van der Waals surface area contributed by atoms with Gasteiger partial charge in [-0.15, -0.1) is 11.3 Å². The molecule has 1 aromatic rings. The number of aliphatic imine (C=N–C) groups is 1. The van der Waals surface area contributed by atoms with E-state index in [4.69, 9.17) is 0 Å². The molecule has 3 nitrogen and oxygen atoms in total. The lowest BCUT2D eigenvalue weighted by atomic mass is 10.2. The normalized spacial score (nSPS) is 10.1. The van der Waals surface area contributed by atoms with Crippen LogP contribution >= 0.6 is 11.3 Å². The fraction of sp³-hybridized carbons (Fsp3) is 0.556. The zero-order chi connectivity index (χ0) is 9.68. The third-order valence-electron chi connectivity index (χ3n) is 1.61. The Morgan fingerprint density at radius 1 is 1.69 bits per heavy atom. The van der Waals surface area contributed by atoms with E-state index in [2.05, 4.69) is 23.8 Å². The molecular formula is C9H12N2OS. The second-order valence-corrected chi connectivity index (χ2v) is 3.94. The van der Waals surface area contributed by atoms with Crippen molar-refractivity contribution in [1.82, 2.24) is 4.98 Å². The molecule has 0 aliphatic rings. The smallest absolute Gasteiger partial charge is 0.234 e. The Morgan fingerprint density at radius 2 is 2.46 bits per heavy atom. The predicted molar refractivity (Wildman–Crippen MR) is 52.9 cm³/mol. The van der Waals surface area contributed by atoms with Gasteiger partial charge >= 0.3 is 0 Å². The Hall–Kier alpha value is -0.990. The topological polar surface area (TPSA) is 42.3 Å². The third-order valence-corrected chi connectivity index (χ3v) is 2.80. The molecular weight excluding hydrogens is 184 g/mol. The maximum absolute atomic E-state index is 9.80. The molecule has 0 saturated carbocycles. The Bertz CT molecular complexity index is 313. The van der Waals surface area contributed by atoms with Crippen molar-refractivity contribution < 1.29 is 4.79 Å². The lowest BCUT2D eigenvalue weighted by Crippen LogP contribution is -1.91. The zero-order valence-electron chi connectivity index (χ0n) is 7.78. The number of rotatable bonds is 4. The van der Waals surface area contributed by atoms with Gasteiger partial charge < -0.3 is 0 Å². The summed E-state index contributed by atoms with van der Waals surface area (Å²) in [7, 11) is 0. The number of thiazole rings is 1. The number of carbonyl (C=O) groups excluding carboxylic acids is 1. The summed E-state index contributed by atoms with van der Waals surface area (Å²) in [5.74, 6) is 0.480. The molecule has 0 spiro atoms. The number of hydrogen-bond acceptors (Lipinski definition) is 4. The molecule has 70 valence electrons. The van der Waals surface area contributed by atoms with E-state index in [0.717, 1.165) is 17.1 Å². The van der Waals surface area contributed by atoms with Crippen molar-refractivity contribution in [2.24, 2.45) is 4.99 Å². The van der Waals surface area contributed by atoms with E-state index in [0.29, 0.717) is 12.5 Å². The third kappa shape index (κ3) is 3.09. The standard InChI is InChI=1S/C9H12N2OS/c1-7(2)9-11-8(5-13-9)3-4-10-6-12/h5,7H,3-4H2,1-2H3. The van der Waals surface area contributed by atoms with Crippen LogP contribution < -0.4 is 0 Å². The summed E-state index contributed by atoms with van der Waals surface area (Å²) >= 11 is 1.66. The van der Waals surface area contributed by atoms with Crippen LogP contribution in [-0.4, -0.2) is 17.6 Å². The average molecular weight is 196 g/mol. The predicted octanol–water partition coefficient (Wildman–Crippen LogP) is 2.14. The molecule has 1 heterocycles. The minimum atomic E-state index is 0.480. The molecule has 1 aromatic heterocycles. The van der Waals surface area contributed by atoms with E-state index < -0.39 is 0 Å². The van der Waals surface area contributed by atoms with Gasteiger partial charge in [0.25, 0.3) is 0 Å². The molecule has 0 atom stereocenters. The summed E-state index contributed by atoms with van der Waals surface area (Å²) in [6, 6.07) is 0. The molecule has 0 N–H and O–H groups in total. The molecule has 1 rings (SSSR count). The van der Waals surface area contributed by atoms with Crippen molar-refractivity contribution >= 4 is 17.4 Å². The van der Waals surface area contributed by atoms with Crippen molar-refractivity contribution in [2.75, 3.05) is 6.54 Å². The largest absolute Gasteiger partial charge is 0.246 e. The molecule has 13 heavy (non-hydrogen) atoms. The molecule has 0 aromatic carbocycles. The summed E-state index contributed by atoms with van der Waals surface area (Å²) in [6.45, 7) is 4.73. The Labute approximate surface area is 81.5 Å². The molecule has 0 saturated heterocycles. The first kappa shape index (κ1) is 10.1. The van der Waals surface area contributed by atoms with Gasteiger partial charge in [-0.1, -0.05) is 13.8 Å². The molecule has 0 aliphatic heterocycles. The fourth-order valence-electron chi connectivity index (χ4n) is 0.919. The highest BCUT2D eigenvalue weighted by Gasteiger charge is 2.04. The van der Waals surface area contributed by atoms with E-state index >= 15 is 0 Å². The van der Waals surface area contributed by atoms with Crippen LogP contribution in [0.4, 0.5) is 0 Å². The molecule has 0 bridgehead atoms.